The van der Waals surface area contributed by atoms with E-state index in [1.54, 1.807) is 0 Å². The number of hydrogen-bond acceptors (Lipinski definition) is 3. The van der Waals surface area contributed by atoms with Gasteiger partial charge in [-0.1, -0.05) is 12.8 Å². The van der Waals surface area contributed by atoms with Crippen LogP contribution in [0.5, 0.6) is 0 Å². The molecule has 18 heavy (non-hydrogen) atoms. The van der Waals surface area contributed by atoms with E-state index in [-0.39, 0.29) is 5.54 Å². The van der Waals surface area contributed by atoms with Crippen LogP contribution in [-0.4, -0.2) is 47.6 Å². The van der Waals surface area contributed by atoms with Crippen molar-refractivity contribution in [3.05, 3.63) is 0 Å². The van der Waals surface area contributed by atoms with Crippen molar-refractivity contribution < 1.29 is 0 Å². The summed E-state index contributed by atoms with van der Waals surface area (Å²) < 4.78 is 0. The Morgan fingerprint density at radius 2 is 1.89 bits per heavy atom. The van der Waals surface area contributed by atoms with Gasteiger partial charge in [-0.3, -0.25) is 4.90 Å². The monoisotopic (exact) mass is 272 g/mol. The summed E-state index contributed by atoms with van der Waals surface area (Å²) in [5.74, 6) is 2.66. The largest absolute Gasteiger partial charge is 0.312 e. The van der Waals surface area contributed by atoms with Crippen LogP contribution in [0.2, 0.25) is 0 Å². The SMILES string of the molecule is CC1CSCCN1CCCCCCNC(C)(C)C. The third-order valence-corrected chi connectivity index (χ3v) is 4.72. The highest BCUT2D eigenvalue weighted by atomic mass is 32.2. The van der Waals surface area contributed by atoms with E-state index in [2.05, 4.69) is 49.7 Å². The fourth-order valence-corrected chi connectivity index (χ4v) is 3.43. The smallest absolute Gasteiger partial charge is 0.0158 e. The highest BCUT2D eigenvalue weighted by Gasteiger charge is 2.17. The maximum Gasteiger partial charge on any atom is 0.0158 e. The number of nitrogens with one attached hydrogen (secondary N) is 1. The van der Waals surface area contributed by atoms with E-state index in [0.717, 1.165) is 6.04 Å². The summed E-state index contributed by atoms with van der Waals surface area (Å²) in [4.78, 5) is 2.67. The second kappa shape index (κ2) is 8.44. The zero-order valence-corrected chi connectivity index (χ0v) is 13.6. The number of nitrogens with zero attached hydrogens (tertiary/aromatic N) is 1. The first-order chi connectivity index (χ1) is 8.49. The van der Waals surface area contributed by atoms with Crippen molar-refractivity contribution in [2.45, 2.75) is 65.0 Å². The minimum Gasteiger partial charge on any atom is -0.312 e. The molecule has 1 fully saturated rings. The third-order valence-electron chi connectivity index (χ3n) is 3.53. The molecule has 1 N–H and O–H groups in total. The molecule has 1 saturated heterocycles. The molecule has 0 amide bonds. The first kappa shape index (κ1) is 16.3. The molecule has 108 valence electrons. The first-order valence-electron chi connectivity index (χ1n) is 7.56. The van der Waals surface area contributed by atoms with Crippen molar-refractivity contribution >= 4 is 11.8 Å². The second-order valence-corrected chi connectivity index (χ2v) is 7.70. The average Bonchev–Trinajstić information content (AvgIpc) is 2.28. The van der Waals surface area contributed by atoms with Crippen LogP contribution in [0, 0.1) is 0 Å². The van der Waals surface area contributed by atoms with Gasteiger partial charge in [-0.15, -0.1) is 0 Å². The van der Waals surface area contributed by atoms with Crippen LogP contribution in [-0.2, 0) is 0 Å². The van der Waals surface area contributed by atoms with Gasteiger partial charge in [-0.2, -0.15) is 11.8 Å². The predicted octanol–water partition coefficient (Wildman–Crippen LogP) is 3.37. The van der Waals surface area contributed by atoms with Crippen molar-refractivity contribution in [3.8, 4) is 0 Å². The molecule has 0 radical (unpaired) electrons. The Hall–Kier alpha value is 0.270. The highest BCUT2D eigenvalue weighted by Crippen LogP contribution is 2.16. The molecule has 3 heteroatoms. The van der Waals surface area contributed by atoms with Crippen LogP contribution in [0.1, 0.15) is 53.4 Å². The molecular weight excluding hydrogens is 240 g/mol. The summed E-state index contributed by atoms with van der Waals surface area (Å²) in [6, 6.07) is 0.798. The van der Waals surface area contributed by atoms with Gasteiger partial charge in [-0.05, 0) is 53.6 Å². The van der Waals surface area contributed by atoms with Gasteiger partial charge in [-0.25, -0.2) is 0 Å². The van der Waals surface area contributed by atoms with Gasteiger partial charge < -0.3 is 5.32 Å². The predicted molar refractivity (Wildman–Crippen MR) is 84.6 cm³/mol. The van der Waals surface area contributed by atoms with E-state index < -0.39 is 0 Å². The topological polar surface area (TPSA) is 15.3 Å². The van der Waals surface area contributed by atoms with Crippen molar-refractivity contribution in [1.29, 1.82) is 0 Å². The molecule has 1 unspecified atom stereocenters. The summed E-state index contributed by atoms with van der Waals surface area (Å²) >= 11 is 2.11. The zero-order valence-electron chi connectivity index (χ0n) is 12.8. The lowest BCUT2D eigenvalue weighted by Gasteiger charge is -2.32. The van der Waals surface area contributed by atoms with E-state index >= 15 is 0 Å². The van der Waals surface area contributed by atoms with E-state index in [1.807, 2.05) is 0 Å². The zero-order chi connectivity index (χ0) is 13.4. The molecule has 0 aromatic carbocycles. The molecule has 1 rings (SSSR count). The van der Waals surface area contributed by atoms with Crippen LogP contribution in [0.15, 0.2) is 0 Å². The Labute approximate surface area is 118 Å². The van der Waals surface area contributed by atoms with E-state index in [4.69, 9.17) is 0 Å². The molecule has 0 aromatic heterocycles. The van der Waals surface area contributed by atoms with Gasteiger partial charge in [0.05, 0.1) is 0 Å². The van der Waals surface area contributed by atoms with E-state index in [1.165, 1.54) is 56.8 Å². The summed E-state index contributed by atoms with van der Waals surface area (Å²) in [5, 5.41) is 3.56. The lowest BCUT2D eigenvalue weighted by atomic mass is 10.1. The molecule has 0 aliphatic carbocycles. The Kier molecular flexibility index (Phi) is 7.66. The molecule has 2 nitrogen and oxygen atoms in total. The van der Waals surface area contributed by atoms with Crippen molar-refractivity contribution in [2.75, 3.05) is 31.1 Å². The van der Waals surface area contributed by atoms with Crippen LogP contribution in [0.3, 0.4) is 0 Å². The molecule has 1 aliphatic heterocycles. The van der Waals surface area contributed by atoms with Crippen LogP contribution in [0.25, 0.3) is 0 Å². The van der Waals surface area contributed by atoms with Crippen LogP contribution >= 0.6 is 11.8 Å². The van der Waals surface area contributed by atoms with Crippen molar-refractivity contribution in [1.82, 2.24) is 10.2 Å². The number of thioether (sulfide) groups is 1. The number of unbranched alkanes of at least 4 members (excludes halogenated alkanes) is 3. The summed E-state index contributed by atoms with van der Waals surface area (Å²) in [5.41, 5.74) is 0.279. The maximum atomic E-state index is 3.56. The average molecular weight is 273 g/mol. The minimum absolute atomic E-state index is 0.279. The number of hydrogen-bond donors (Lipinski definition) is 1. The Bertz CT molecular complexity index is 213. The van der Waals surface area contributed by atoms with Crippen molar-refractivity contribution in [2.24, 2.45) is 0 Å². The lowest BCUT2D eigenvalue weighted by Crippen LogP contribution is -2.40. The minimum atomic E-state index is 0.279. The van der Waals surface area contributed by atoms with Gasteiger partial charge in [0.25, 0.3) is 0 Å². The summed E-state index contributed by atoms with van der Waals surface area (Å²) in [6.07, 6.45) is 5.47. The summed E-state index contributed by atoms with van der Waals surface area (Å²) in [6.45, 7) is 12.9. The lowest BCUT2D eigenvalue weighted by molar-refractivity contribution is 0.227. The van der Waals surface area contributed by atoms with E-state index in [9.17, 15) is 0 Å². The Balaban J connectivity index is 1.92. The van der Waals surface area contributed by atoms with Crippen LogP contribution < -0.4 is 5.32 Å². The normalized spacial score (nSPS) is 22.3. The molecule has 0 saturated carbocycles. The Morgan fingerprint density at radius 1 is 1.17 bits per heavy atom. The Morgan fingerprint density at radius 3 is 2.56 bits per heavy atom. The number of rotatable bonds is 7. The summed E-state index contributed by atoms with van der Waals surface area (Å²) in [7, 11) is 0. The van der Waals surface area contributed by atoms with Gasteiger partial charge in [0, 0.05) is 29.6 Å². The van der Waals surface area contributed by atoms with E-state index in [0.29, 0.717) is 0 Å². The molecule has 0 bridgehead atoms. The quantitative estimate of drug-likeness (QED) is 0.715. The second-order valence-electron chi connectivity index (χ2n) is 6.55. The first-order valence-corrected chi connectivity index (χ1v) is 8.71. The molecule has 0 spiro atoms. The highest BCUT2D eigenvalue weighted by molar-refractivity contribution is 7.99. The van der Waals surface area contributed by atoms with Gasteiger partial charge in [0.1, 0.15) is 0 Å². The van der Waals surface area contributed by atoms with Gasteiger partial charge >= 0.3 is 0 Å². The third kappa shape index (κ3) is 7.65. The van der Waals surface area contributed by atoms with Crippen LogP contribution in [0.4, 0.5) is 0 Å². The van der Waals surface area contributed by atoms with Gasteiger partial charge in [0.2, 0.25) is 0 Å². The molecule has 1 aliphatic rings. The van der Waals surface area contributed by atoms with Crippen molar-refractivity contribution in [3.63, 3.8) is 0 Å². The molecule has 0 aromatic rings. The molecule has 1 atom stereocenters. The van der Waals surface area contributed by atoms with Gasteiger partial charge in [0.15, 0.2) is 0 Å². The molecule has 1 heterocycles. The standard InChI is InChI=1S/C15H32N2S/c1-14-13-18-12-11-17(14)10-8-6-5-7-9-16-15(2,3)4/h14,16H,5-13H2,1-4H3. The molecular formula is C15H32N2S. The fraction of sp³-hybridized carbons (Fsp3) is 1.00. The fourth-order valence-electron chi connectivity index (χ4n) is 2.35. The maximum absolute atomic E-state index is 3.56.